The second-order valence-electron chi connectivity index (χ2n) is 6.50. The van der Waals surface area contributed by atoms with Gasteiger partial charge in [0.05, 0.1) is 5.25 Å². The van der Waals surface area contributed by atoms with Gasteiger partial charge in [0.2, 0.25) is 5.91 Å². The van der Waals surface area contributed by atoms with E-state index in [4.69, 9.17) is 0 Å². The van der Waals surface area contributed by atoms with Gasteiger partial charge in [-0.25, -0.2) is 4.79 Å². The average Bonchev–Trinajstić information content (AvgIpc) is 3.28. The lowest BCUT2D eigenvalue weighted by molar-refractivity contribution is -0.126. The summed E-state index contributed by atoms with van der Waals surface area (Å²) in [6.07, 6.45) is 0. The number of urea groups is 1. The zero-order valence-electron chi connectivity index (χ0n) is 15.5. The topological polar surface area (TPSA) is 75.2 Å². The molecule has 0 saturated carbocycles. The summed E-state index contributed by atoms with van der Waals surface area (Å²) in [6, 6.07) is 8.33. The SMILES string of the molecule is CC(Sc1nnc(SCc2ccc(C(C)C)cc2)s1)C(=O)N1CCNC1=O. The van der Waals surface area contributed by atoms with Crippen molar-refractivity contribution >= 4 is 46.8 Å². The highest BCUT2D eigenvalue weighted by Gasteiger charge is 2.30. The molecule has 3 rings (SSSR count). The fourth-order valence-electron chi connectivity index (χ4n) is 2.55. The molecule has 1 aliphatic heterocycles. The Morgan fingerprint density at radius 3 is 2.56 bits per heavy atom. The van der Waals surface area contributed by atoms with E-state index in [9.17, 15) is 9.59 Å². The molecule has 27 heavy (non-hydrogen) atoms. The van der Waals surface area contributed by atoms with E-state index in [0.717, 1.165) is 14.4 Å². The molecule has 144 valence electrons. The molecule has 0 bridgehead atoms. The second-order valence-corrected chi connectivity index (χ2v) is 10.3. The molecule has 2 aromatic rings. The third-order valence-corrected chi connectivity index (χ3v) is 7.44. The third-order valence-electron chi connectivity index (χ3n) is 4.14. The number of carbonyl (C=O) groups is 2. The number of carbonyl (C=O) groups excluding carboxylic acids is 2. The van der Waals surface area contributed by atoms with E-state index in [1.54, 1.807) is 18.7 Å². The normalized spacial score (nSPS) is 15.3. The van der Waals surface area contributed by atoms with Crippen molar-refractivity contribution in [3.05, 3.63) is 35.4 Å². The van der Waals surface area contributed by atoms with Crippen molar-refractivity contribution in [2.24, 2.45) is 0 Å². The number of nitrogens with zero attached hydrogens (tertiary/aromatic N) is 3. The lowest BCUT2D eigenvalue weighted by Crippen LogP contribution is -2.38. The van der Waals surface area contributed by atoms with Crippen LogP contribution in [-0.2, 0) is 10.5 Å². The maximum Gasteiger partial charge on any atom is 0.324 e. The van der Waals surface area contributed by atoms with Crippen LogP contribution in [0.1, 0.15) is 37.8 Å². The number of thioether (sulfide) groups is 2. The molecule has 1 N–H and O–H groups in total. The molecule has 2 heterocycles. The van der Waals surface area contributed by atoms with Crippen LogP contribution in [0.2, 0.25) is 0 Å². The summed E-state index contributed by atoms with van der Waals surface area (Å²) in [7, 11) is 0. The van der Waals surface area contributed by atoms with Gasteiger partial charge < -0.3 is 5.32 Å². The number of imide groups is 1. The van der Waals surface area contributed by atoms with Gasteiger partial charge in [-0.1, -0.05) is 73.0 Å². The largest absolute Gasteiger partial charge is 0.336 e. The lowest BCUT2D eigenvalue weighted by Gasteiger charge is -2.16. The molecule has 1 atom stereocenters. The van der Waals surface area contributed by atoms with Crippen molar-refractivity contribution in [3.8, 4) is 0 Å². The number of nitrogens with one attached hydrogen (secondary N) is 1. The van der Waals surface area contributed by atoms with Crippen molar-refractivity contribution in [1.29, 1.82) is 0 Å². The van der Waals surface area contributed by atoms with E-state index < -0.39 is 0 Å². The van der Waals surface area contributed by atoms with Crippen LogP contribution in [0.3, 0.4) is 0 Å². The number of hydrogen-bond donors (Lipinski definition) is 1. The van der Waals surface area contributed by atoms with Crippen LogP contribution in [0.5, 0.6) is 0 Å². The molecule has 1 aliphatic rings. The van der Waals surface area contributed by atoms with Crippen LogP contribution in [-0.4, -0.2) is 45.4 Å². The second kappa shape index (κ2) is 9.07. The molecule has 0 aliphatic carbocycles. The fourth-order valence-corrected chi connectivity index (χ4v) is 5.73. The predicted molar refractivity (Wildman–Crippen MR) is 110 cm³/mol. The highest BCUT2D eigenvalue weighted by molar-refractivity contribution is 8.03. The van der Waals surface area contributed by atoms with Crippen LogP contribution in [0.4, 0.5) is 4.79 Å². The minimum absolute atomic E-state index is 0.190. The van der Waals surface area contributed by atoms with E-state index in [1.165, 1.54) is 39.1 Å². The molecule has 0 spiro atoms. The van der Waals surface area contributed by atoms with E-state index >= 15 is 0 Å². The van der Waals surface area contributed by atoms with Crippen molar-refractivity contribution < 1.29 is 9.59 Å². The summed E-state index contributed by atoms with van der Waals surface area (Å²) in [5.74, 6) is 1.18. The predicted octanol–water partition coefficient (Wildman–Crippen LogP) is 3.99. The standard InChI is InChI=1S/C18H22N4O2S3/c1-11(2)14-6-4-13(5-7-14)10-25-17-20-21-18(27-17)26-12(3)15(23)22-9-8-19-16(22)24/h4-7,11-12H,8-10H2,1-3H3,(H,19,24). The van der Waals surface area contributed by atoms with Gasteiger partial charge in [0.15, 0.2) is 8.68 Å². The quantitative estimate of drug-likeness (QED) is 0.680. The van der Waals surface area contributed by atoms with Gasteiger partial charge in [0, 0.05) is 18.8 Å². The fraction of sp³-hybridized carbons (Fsp3) is 0.444. The Bertz CT molecular complexity index is 807. The van der Waals surface area contributed by atoms with Crippen molar-refractivity contribution in [2.75, 3.05) is 13.1 Å². The molecule has 1 aromatic heterocycles. The summed E-state index contributed by atoms with van der Waals surface area (Å²) in [5.41, 5.74) is 2.58. The maximum absolute atomic E-state index is 12.3. The van der Waals surface area contributed by atoms with Crippen molar-refractivity contribution in [3.63, 3.8) is 0 Å². The van der Waals surface area contributed by atoms with Crippen LogP contribution in [0.15, 0.2) is 32.9 Å². The lowest BCUT2D eigenvalue weighted by atomic mass is 10.0. The van der Waals surface area contributed by atoms with E-state index in [2.05, 4.69) is 53.6 Å². The van der Waals surface area contributed by atoms with E-state index in [1.807, 2.05) is 0 Å². The Kier molecular flexibility index (Phi) is 6.78. The van der Waals surface area contributed by atoms with E-state index in [-0.39, 0.29) is 17.2 Å². The Labute approximate surface area is 171 Å². The van der Waals surface area contributed by atoms with Gasteiger partial charge >= 0.3 is 6.03 Å². The summed E-state index contributed by atoms with van der Waals surface area (Å²) >= 11 is 4.47. The molecule has 9 heteroatoms. The number of rotatable bonds is 7. The van der Waals surface area contributed by atoms with Crippen LogP contribution < -0.4 is 5.32 Å². The molecule has 6 nitrogen and oxygen atoms in total. The number of benzene rings is 1. The summed E-state index contributed by atoms with van der Waals surface area (Å²) in [6.45, 7) is 7.11. The Morgan fingerprint density at radius 1 is 1.22 bits per heavy atom. The summed E-state index contributed by atoms with van der Waals surface area (Å²) in [4.78, 5) is 25.2. The highest BCUT2D eigenvalue weighted by atomic mass is 32.2. The van der Waals surface area contributed by atoms with E-state index in [0.29, 0.717) is 19.0 Å². The Morgan fingerprint density at radius 2 is 1.93 bits per heavy atom. The molecule has 0 radical (unpaired) electrons. The van der Waals surface area contributed by atoms with Gasteiger partial charge in [-0.3, -0.25) is 9.69 Å². The Balaban J connectivity index is 1.52. The summed E-state index contributed by atoms with van der Waals surface area (Å²) in [5, 5.41) is 10.7. The number of hydrogen-bond acceptors (Lipinski definition) is 7. The van der Waals surface area contributed by atoms with Crippen molar-refractivity contribution in [1.82, 2.24) is 20.4 Å². The first kappa shape index (κ1) is 20.2. The minimum atomic E-state index is -0.372. The van der Waals surface area contributed by atoms with Gasteiger partial charge in [-0.2, -0.15) is 0 Å². The summed E-state index contributed by atoms with van der Waals surface area (Å²) < 4.78 is 1.62. The molecule has 1 unspecified atom stereocenters. The van der Waals surface area contributed by atoms with Crippen LogP contribution in [0, 0.1) is 0 Å². The molecule has 1 fully saturated rings. The van der Waals surface area contributed by atoms with Gasteiger partial charge in [0.1, 0.15) is 0 Å². The van der Waals surface area contributed by atoms with Crippen molar-refractivity contribution in [2.45, 2.75) is 46.4 Å². The first-order valence-electron chi connectivity index (χ1n) is 8.75. The minimum Gasteiger partial charge on any atom is -0.336 e. The van der Waals surface area contributed by atoms with Crippen LogP contribution >= 0.6 is 34.9 Å². The highest BCUT2D eigenvalue weighted by Crippen LogP contribution is 2.33. The number of aromatic nitrogens is 2. The number of amides is 3. The zero-order valence-corrected chi connectivity index (χ0v) is 17.9. The molecule has 1 saturated heterocycles. The molecule has 3 amide bonds. The van der Waals surface area contributed by atoms with Crippen LogP contribution in [0.25, 0.3) is 0 Å². The first-order chi connectivity index (χ1) is 12.9. The first-order valence-corrected chi connectivity index (χ1v) is 11.4. The van der Waals surface area contributed by atoms with Gasteiger partial charge in [-0.15, -0.1) is 10.2 Å². The van der Waals surface area contributed by atoms with Gasteiger partial charge in [-0.05, 0) is 24.0 Å². The smallest absolute Gasteiger partial charge is 0.324 e. The molecular weight excluding hydrogens is 400 g/mol. The molecular formula is C18H22N4O2S3. The maximum atomic E-state index is 12.3. The monoisotopic (exact) mass is 422 g/mol. The zero-order chi connectivity index (χ0) is 19.4. The Hall–Kier alpha value is -1.58. The average molecular weight is 423 g/mol. The third kappa shape index (κ3) is 5.24. The van der Waals surface area contributed by atoms with Gasteiger partial charge in [0.25, 0.3) is 0 Å². The molecule has 1 aromatic carbocycles.